The Hall–Kier alpha value is -3.58. The molecule has 0 spiro atoms. The average molecular weight is 368 g/mol. The Kier molecular flexibility index (Phi) is 4.37. The minimum atomic E-state index is -0.553. The summed E-state index contributed by atoms with van der Waals surface area (Å²) >= 11 is 0. The SMILES string of the molecule is CC1(C)C=C(c2cccn(Cc3ccccc3)c2=O)c2cc(C#N)ccc2O1. The summed E-state index contributed by atoms with van der Waals surface area (Å²) in [7, 11) is 0. The largest absolute Gasteiger partial charge is 0.483 e. The molecular formula is C24H20N2O2. The smallest absolute Gasteiger partial charge is 0.258 e. The van der Waals surface area contributed by atoms with Gasteiger partial charge in [0.15, 0.2) is 0 Å². The quantitative estimate of drug-likeness (QED) is 0.690. The first-order valence-electron chi connectivity index (χ1n) is 9.17. The van der Waals surface area contributed by atoms with Crippen molar-refractivity contribution in [1.29, 1.82) is 5.26 Å². The molecule has 0 N–H and O–H groups in total. The summed E-state index contributed by atoms with van der Waals surface area (Å²) in [5.74, 6) is 0.680. The first kappa shape index (κ1) is 17.8. The van der Waals surface area contributed by atoms with Crippen LogP contribution in [0.5, 0.6) is 5.75 Å². The van der Waals surface area contributed by atoms with Crippen molar-refractivity contribution in [2.75, 3.05) is 0 Å². The minimum Gasteiger partial charge on any atom is -0.483 e. The number of rotatable bonds is 3. The van der Waals surface area contributed by atoms with Gasteiger partial charge in [0.2, 0.25) is 0 Å². The molecular weight excluding hydrogens is 348 g/mol. The number of pyridine rings is 1. The van der Waals surface area contributed by atoms with E-state index in [4.69, 9.17) is 4.74 Å². The van der Waals surface area contributed by atoms with Gasteiger partial charge >= 0.3 is 0 Å². The monoisotopic (exact) mass is 368 g/mol. The number of fused-ring (bicyclic) bond motifs is 1. The van der Waals surface area contributed by atoms with Crippen molar-refractivity contribution >= 4 is 5.57 Å². The highest BCUT2D eigenvalue weighted by molar-refractivity contribution is 5.85. The van der Waals surface area contributed by atoms with Gasteiger partial charge in [0.05, 0.1) is 18.2 Å². The highest BCUT2D eigenvalue weighted by Gasteiger charge is 2.28. The molecule has 0 bridgehead atoms. The molecule has 0 unspecified atom stereocenters. The normalized spacial score (nSPS) is 14.4. The molecule has 0 amide bonds. The Balaban J connectivity index is 1.85. The van der Waals surface area contributed by atoms with Gasteiger partial charge in [-0.05, 0) is 61.4 Å². The fourth-order valence-corrected chi connectivity index (χ4v) is 3.51. The average Bonchev–Trinajstić information content (AvgIpc) is 2.69. The van der Waals surface area contributed by atoms with E-state index in [-0.39, 0.29) is 5.56 Å². The van der Waals surface area contributed by atoms with Gasteiger partial charge in [-0.2, -0.15) is 5.26 Å². The van der Waals surface area contributed by atoms with Gasteiger partial charge in [0.25, 0.3) is 5.56 Å². The summed E-state index contributed by atoms with van der Waals surface area (Å²) in [6, 6.07) is 21.1. The minimum absolute atomic E-state index is 0.0661. The van der Waals surface area contributed by atoms with Crippen molar-refractivity contribution in [3.63, 3.8) is 0 Å². The zero-order chi connectivity index (χ0) is 19.7. The standard InChI is InChI=1S/C24H20N2O2/c1-24(2)14-21(20-13-18(15-25)10-11-22(20)28-24)19-9-6-12-26(23(19)27)16-17-7-4-3-5-8-17/h3-14H,16H2,1-2H3. The van der Waals surface area contributed by atoms with Crippen LogP contribution in [0.15, 0.2) is 77.7 Å². The lowest BCUT2D eigenvalue weighted by Gasteiger charge is -2.31. The first-order chi connectivity index (χ1) is 13.5. The van der Waals surface area contributed by atoms with Crippen molar-refractivity contribution in [3.8, 4) is 11.8 Å². The third kappa shape index (κ3) is 3.35. The molecule has 0 atom stereocenters. The van der Waals surface area contributed by atoms with Crippen LogP contribution in [0.25, 0.3) is 5.57 Å². The number of benzene rings is 2. The molecule has 0 aliphatic carbocycles. The maximum atomic E-state index is 13.3. The van der Waals surface area contributed by atoms with E-state index < -0.39 is 5.60 Å². The van der Waals surface area contributed by atoms with Gasteiger partial charge in [0, 0.05) is 17.3 Å². The summed E-state index contributed by atoms with van der Waals surface area (Å²) in [5, 5.41) is 9.29. The van der Waals surface area contributed by atoms with E-state index in [0.717, 1.165) is 16.7 Å². The molecule has 3 aromatic rings. The van der Waals surface area contributed by atoms with Gasteiger partial charge in [-0.1, -0.05) is 30.3 Å². The fraction of sp³-hybridized carbons (Fsp3) is 0.167. The fourth-order valence-electron chi connectivity index (χ4n) is 3.51. The van der Waals surface area contributed by atoms with Gasteiger partial charge in [0.1, 0.15) is 11.4 Å². The maximum Gasteiger partial charge on any atom is 0.258 e. The summed E-state index contributed by atoms with van der Waals surface area (Å²) in [6.45, 7) is 4.42. The molecule has 4 heteroatoms. The van der Waals surface area contributed by atoms with Crippen molar-refractivity contribution < 1.29 is 4.74 Å². The van der Waals surface area contributed by atoms with Crippen molar-refractivity contribution in [1.82, 2.24) is 4.57 Å². The van der Waals surface area contributed by atoms with Crippen LogP contribution in [0.3, 0.4) is 0 Å². The molecule has 0 fully saturated rings. The molecule has 138 valence electrons. The van der Waals surface area contributed by atoms with E-state index in [9.17, 15) is 10.1 Å². The molecule has 0 saturated carbocycles. The number of ether oxygens (including phenoxy) is 1. The zero-order valence-corrected chi connectivity index (χ0v) is 15.8. The van der Waals surface area contributed by atoms with Crippen molar-refractivity contribution in [2.45, 2.75) is 26.0 Å². The van der Waals surface area contributed by atoms with Crippen LogP contribution in [0.4, 0.5) is 0 Å². The lowest BCUT2D eigenvalue weighted by Crippen LogP contribution is -2.31. The van der Waals surface area contributed by atoms with E-state index in [2.05, 4.69) is 6.07 Å². The van der Waals surface area contributed by atoms with Crippen molar-refractivity contribution in [2.24, 2.45) is 0 Å². The van der Waals surface area contributed by atoms with Gasteiger partial charge in [-0.3, -0.25) is 4.79 Å². The number of hydrogen-bond donors (Lipinski definition) is 0. The van der Waals surface area contributed by atoms with Crippen LogP contribution in [0.1, 0.15) is 36.1 Å². The van der Waals surface area contributed by atoms with E-state index in [0.29, 0.717) is 23.4 Å². The number of nitrogens with zero attached hydrogens (tertiary/aromatic N) is 2. The Labute approximate surface area is 164 Å². The summed E-state index contributed by atoms with van der Waals surface area (Å²) in [6.07, 6.45) is 3.76. The number of aromatic nitrogens is 1. The third-order valence-corrected chi connectivity index (χ3v) is 4.77. The van der Waals surface area contributed by atoms with Crippen LogP contribution in [0, 0.1) is 11.3 Å². The lowest BCUT2D eigenvalue weighted by molar-refractivity contribution is 0.158. The molecule has 2 aromatic carbocycles. The number of nitriles is 1. The molecule has 1 aromatic heterocycles. The van der Waals surface area contributed by atoms with Gasteiger partial charge in [-0.25, -0.2) is 0 Å². The van der Waals surface area contributed by atoms with Crippen LogP contribution < -0.4 is 10.3 Å². The van der Waals surface area contributed by atoms with Crippen LogP contribution in [-0.4, -0.2) is 10.2 Å². The second-order valence-corrected chi connectivity index (χ2v) is 7.43. The van der Waals surface area contributed by atoms with Crippen LogP contribution in [-0.2, 0) is 6.54 Å². The Morgan fingerprint density at radius 2 is 1.82 bits per heavy atom. The zero-order valence-electron chi connectivity index (χ0n) is 15.8. The molecule has 28 heavy (non-hydrogen) atoms. The molecule has 2 heterocycles. The molecule has 0 radical (unpaired) electrons. The van der Waals surface area contributed by atoms with Gasteiger partial charge < -0.3 is 9.30 Å². The molecule has 1 aliphatic rings. The second kappa shape index (κ2) is 6.86. The van der Waals surface area contributed by atoms with Crippen LogP contribution >= 0.6 is 0 Å². The lowest BCUT2D eigenvalue weighted by atomic mass is 9.89. The second-order valence-electron chi connectivity index (χ2n) is 7.43. The predicted molar refractivity (Wildman–Crippen MR) is 109 cm³/mol. The van der Waals surface area contributed by atoms with E-state index in [1.807, 2.05) is 62.4 Å². The summed E-state index contributed by atoms with van der Waals surface area (Å²) in [4.78, 5) is 13.3. The van der Waals surface area contributed by atoms with E-state index in [1.54, 1.807) is 29.0 Å². The Bertz CT molecular complexity index is 1170. The highest BCUT2D eigenvalue weighted by atomic mass is 16.5. The maximum absolute atomic E-state index is 13.3. The van der Waals surface area contributed by atoms with Crippen LogP contribution in [0.2, 0.25) is 0 Å². The van der Waals surface area contributed by atoms with Gasteiger partial charge in [-0.15, -0.1) is 0 Å². The summed E-state index contributed by atoms with van der Waals surface area (Å²) in [5.41, 5.74) is 3.16. The molecule has 4 rings (SSSR count). The Morgan fingerprint density at radius 3 is 2.57 bits per heavy atom. The Morgan fingerprint density at radius 1 is 1.04 bits per heavy atom. The molecule has 4 nitrogen and oxygen atoms in total. The highest BCUT2D eigenvalue weighted by Crippen LogP contribution is 2.38. The predicted octanol–water partition coefficient (Wildman–Crippen LogP) is 4.37. The van der Waals surface area contributed by atoms with E-state index in [1.165, 1.54) is 0 Å². The van der Waals surface area contributed by atoms with E-state index >= 15 is 0 Å². The topological polar surface area (TPSA) is 55.0 Å². The third-order valence-electron chi connectivity index (χ3n) is 4.77. The molecule has 1 aliphatic heterocycles. The van der Waals surface area contributed by atoms with Crippen molar-refractivity contribution in [3.05, 3.63) is 106 Å². The molecule has 0 saturated heterocycles. The number of hydrogen-bond acceptors (Lipinski definition) is 3. The summed E-state index contributed by atoms with van der Waals surface area (Å²) < 4.78 is 7.75. The first-order valence-corrected chi connectivity index (χ1v) is 9.17.